The minimum absolute atomic E-state index is 0.105. The fourth-order valence-electron chi connectivity index (χ4n) is 1.86. The summed E-state index contributed by atoms with van der Waals surface area (Å²) < 4.78 is 2.08. The standard InChI is InChI=1S/C11H18N4O/c1-2-14-11(16)3-4-15-8-13-7-10(15)9-5-12-6-9/h7-9,12H,2-6H2,1H3,(H,14,16). The summed E-state index contributed by atoms with van der Waals surface area (Å²) in [7, 11) is 0. The molecule has 0 bridgehead atoms. The lowest BCUT2D eigenvalue weighted by molar-refractivity contribution is -0.121. The summed E-state index contributed by atoms with van der Waals surface area (Å²) in [6.45, 7) is 5.39. The molecule has 1 aliphatic rings. The van der Waals surface area contributed by atoms with Gasteiger partial charge in [-0.05, 0) is 6.92 Å². The number of hydrogen-bond donors (Lipinski definition) is 2. The van der Waals surface area contributed by atoms with Gasteiger partial charge in [0.1, 0.15) is 0 Å². The van der Waals surface area contributed by atoms with Crippen molar-refractivity contribution < 1.29 is 4.79 Å². The van der Waals surface area contributed by atoms with Crippen LogP contribution in [0.2, 0.25) is 0 Å². The highest BCUT2D eigenvalue weighted by atomic mass is 16.1. The van der Waals surface area contributed by atoms with Gasteiger partial charge in [-0.3, -0.25) is 4.79 Å². The minimum Gasteiger partial charge on any atom is -0.356 e. The van der Waals surface area contributed by atoms with Crippen LogP contribution < -0.4 is 10.6 Å². The van der Waals surface area contributed by atoms with E-state index in [1.807, 2.05) is 19.4 Å². The zero-order valence-electron chi connectivity index (χ0n) is 9.57. The molecule has 0 radical (unpaired) electrons. The van der Waals surface area contributed by atoms with Crippen molar-refractivity contribution in [3.8, 4) is 0 Å². The van der Waals surface area contributed by atoms with E-state index in [0.29, 0.717) is 18.9 Å². The molecular formula is C11H18N4O. The first-order chi connectivity index (χ1) is 7.81. The van der Waals surface area contributed by atoms with Crippen molar-refractivity contribution in [1.29, 1.82) is 0 Å². The van der Waals surface area contributed by atoms with Gasteiger partial charge in [0.2, 0.25) is 5.91 Å². The molecule has 0 atom stereocenters. The van der Waals surface area contributed by atoms with Crippen molar-refractivity contribution in [3.63, 3.8) is 0 Å². The first kappa shape index (κ1) is 11.1. The van der Waals surface area contributed by atoms with Crippen LogP contribution in [0.25, 0.3) is 0 Å². The van der Waals surface area contributed by atoms with Crippen LogP contribution in [0.15, 0.2) is 12.5 Å². The normalized spacial score (nSPS) is 15.8. The van der Waals surface area contributed by atoms with Crippen molar-refractivity contribution in [2.75, 3.05) is 19.6 Å². The van der Waals surface area contributed by atoms with E-state index < -0.39 is 0 Å². The van der Waals surface area contributed by atoms with Gasteiger partial charge in [-0.1, -0.05) is 0 Å². The molecule has 1 aromatic rings. The third-order valence-corrected chi connectivity index (χ3v) is 2.90. The van der Waals surface area contributed by atoms with E-state index >= 15 is 0 Å². The summed E-state index contributed by atoms with van der Waals surface area (Å²) in [5.74, 6) is 0.672. The van der Waals surface area contributed by atoms with Crippen molar-refractivity contribution in [2.45, 2.75) is 25.8 Å². The molecule has 1 aromatic heterocycles. The van der Waals surface area contributed by atoms with Crippen molar-refractivity contribution in [3.05, 3.63) is 18.2 Å². The van der Waals surface area contributed by atoms with E-state index in [-0.39, 0.29) is 5.91 Å². The highest BCUT2D eigenvalue weighted by Crippen LogP contribution is 2.19. The maximum absolute atomic E-state index is 11.3. The highest BCUT2D eigenvalue weighted by molar-refractivity contribution is 5.75. The fourth-order valence-corrected chi connectivity index (χ4v) is 1.86. The van der Waals surface area contributed by atoms with Crippen LogP contribution in [0.3, 0.4) is 0 Å². The molecule has 88 valence electrons. The van der Waals surface area contributed by atoms with Crippen LogP contribution in [0.5, 0.6) is 0 Å². The van der Waals surface area contributed by atoms with Crippen LogP contribution >= 0.6 is 0 Å². The van der Waals surface area contributed by atoms with E-state index in [1.54, 1.807) is 0 Å². The number of aromatic nitrogens is 2. The van der Waals surface area contributed by atoms with Crippen LogP contribution in [-0.2, 0) is 11.3 Å². The number of carbonyl (C=O) groups excluding carboxylic acids is 1. The first-order valence-electron chi connectivity index (χ1n) is 5.78. The number of aryl methyl sites for hydroxylation is 1. The van der Waals surface area contributed by atoms with E-state index in [0.717, 1.165) is 19.6 Å². The SMILES string of the molecule is CCNC(=O)CCn1cncc1C1CNC1. The Morgan fingerprint density at radius 1 is 1.69 bits per heavy atom. The van der Waals surface area contributed by atoms with E-state index in [4.69, 9.17) is 0 Å². The lowest BCUT2D eigenvalue weighted by Gasteiger charge is -2.27. The van der Waals surface area contributed by atoms with Crippen LogP contribution in [0.4, 0.5) is 0 Å². The van der Waals surface area contributed by atoms with Crippen LogP contribution in [-0.4, -0.2) is 35.1 Å². The first-order valence-corrected chi connectivity index (χ1v) is 5.78. The van der Waals surface area contributed by atoms with Gasteiger partial charge in [0.15, 0.2) is 0 Å². The van der Waals surface area contributed by atoms with Gasteiger partial charge >= 0.3 is 0 Å². The molecule has 2 heterocycles. The Kier molecular flexibility index (Phi) is 3.56. The monoisotopic (exact) mass is 222 g/mol. The largest absolute Gasteiger partial charge is 0.356 e. The van der Waals surface area contributed by atoms with Crippen molar-refractivity contribution >= 4 is 5.91 Å². The van der Waals surface area contributed by atoms with E-state index in [9.17, 15) is 4.79 Å². The van der Waals surface area contributed by atoms with E-state index in [1.165, 1.54) is 5.69 Å². The quantitative estimate of drug-likeness (QED) is 0.742. The summed E-state index contributed by atoms with van der Waals surface area (Å²) in [4.78, 5) is 15.5. The van der Waals surface area contributed by atoms with Crippen molar-refractivity contribution in [2.24, 2.45) is 0 Å². The summed E-state index contributed by atoms with van der Waals surface area (Å²) in [5, 5.41) is 6.04. The third-order valence-electron chi connectivity index (χ3n) is 2.90. The topological polar surface area (TPSA) is 59.0 Å². The molecule has 2 rings (SSSR count). The molecular weight excluding hydrogens is 204 g/mol. The molecule has 16 heavy (non-hydrogen) atoms. The predicted octanol–water partition coefficient (Wildman–Crippen LogP) is 0.0961. The van der Waals surface area contributed by atoms with Crippen LogP contribution in [0, 0.1) is 0 Å². The Balaban J connectivity index is 1.88. The maximum Gasteiger partial charge on any atom is 0.221 e. The highest BCUT2D eigenvalue weighted by Gasteiger charge is 2.22. The second kappa shape index (κ2) is 5.12. The number of rotatable bonds is 5. The van der Waals surface area contributed by atoms with Gasteiger partial charge in [-0.15, -0.1) is 0 Å². The molecule has 2 N–H and O–H groups in total. The average Bonchev–Trinajstić information content (AvgIpc) is 2.61. The Hall–Kier alpha value is -1.36. The number of imidazole rings is 1. The number of nitrogens with one attached hydrogen (secondary N) is 2. The van der Waals surface area contributed by atoms with Gasteiger partial charge in [0, 0.05) is 50.4 Å². The summed E-state index contributed by atoms with van der Waals surface area (Å²) in [5.41, 5.74) is 1.24. The molecule has 1 saturated heterocycles. The average molecular weight is 222 g/mol. The van der Waals surface area contributed by atoms with Gasteiger partial charge in [0.05, 0.1) is 6.33 Å². The van der Waals surface area contributed by atoms with Gasteiger partial charge in [0.25, 0.3) is 0 Å². The maximum atomic E-state index is 11.3. The second-order valence-electron chi connectivity index (χ2n) is 4.07. The molecule has 0 spiro atoms. The van der Waals surface area contributed by atoms with Gasteiger partial charge < -0.3 is 15.2 Å². The zero-order valence-corrected chi connectivity index (χ0v) is 9.57. The smallest absolute Gasteiger partial charge is 0.221 e. The molecule has 0 unspecified atom stereocenters. The summed E-state index contributed by atoms with van der Waals surface area (Å²) in [6, 6.07) is 0. The van der Waals surface area contributed by atoms with Gasteiger partial charge in [-0.2, -0.15) is 0 Å². The zero-order chi connectivity index (χ0) is 11.4. The molecule has 1 amide bonds. The molecule has 5 nitrogen and oxygen atoms in total. The molecule has 1 fully saturated rings. The molecule has 1 aliphatic heterocycles. The van der Waals surface area contributed by atoms with Crippen molar-refractivity contribution in [1.82, 2.24) is 20.2 Å². The predicted molar refractivity (Wildman–Crippen MR) is 61.1 cm³/mol. The number of hydrogen-bond acceptors (Lipinski definition) is 3. The third kappa shape index (κ3) is 2.41. The lowest BCUT2D eigenvalue weighted by Crippen LogP contribution is -2.41. The second-order valence-corrected chi connectivity index (χ2v) is 4.07. The molecule has 5 heteroatoms. The number of amides is 1. The summed E-state index contributed by atoms with van der Waals surface area (Å²) >= 11 is 0. The Labute approximate surface area is 95.2 Å². The fraction of sp³-hybridized carbons (Fsp3) is 0.636. The number of nitrogens with zero attached hydrogens (tertiary/aromatic N) is 2. The number of carbonyl (C=O) groups is 1. The Bertz CT molecular complexity index is 357. The van der Waals surface area contributed by atoms with E-state index in [2.05, 4.69) is 20.2 Å². The Morgan fingerprint density at radius 2 is 2.50 bits per heavy atom. The lowest BCUT2D eigenvalue weighted by atomic mass is 10.00. The molecule has 0 aromatic carbocycles. The summed E-state index contributed by atoms with van der Waals surface area (Å²) in [6.07, 6.45) is 4.24. The minimum atomic E-state index is 0.105. The molecule has 0 aliphatic carbocycles. The van der Waals surface area contributed by atoms with Gasteiger partial charge in [-0.25, -0.2) is 4.98 Å². The Morgan fingerprint density at radius 3 is 3.12 bits per heavy atom. The molecule has 0 saturated carbocycles. The van der Waals surface area contributed by atoms with Crippen LogP contribution in [0.1, 0.15) is 25.0 Å².